The van der Waals surface area contributed by atoms with E-state index in [4.69, 9.17) is 9.47 Å². The van der Waals surface area contributed by atoms with Crippen LogP contribution in [0.4, 0.5) is 0 Å². The van der Waals surface area contributed by atoms with Crippen LogP contribution >= 0.6 is 0 Å². The molecule has 0 bridgehead atoms. The van der Waals surface area contributed by atoms with Crippen molar-refractivity contribution in [2.75, 3.05) is 33.3 Å². The number of amides is 1. The average molecular weight is 431 g/mol. The maximum absolute atomic E-state index is 12.6. The topological polar surface area (TPSA) is 42.0 Å². The summed E-state index contributed by atoms with van der Waals surface area (Å²) in [6.45, 7) is 4.59. The van der Waals surface area contributed by atoms with E-state index in [0.29, 0.717) is 13.0 Å². The first-order valence-corrected chi connectivity index (χ1v) is 11.1. The van der Waals surface area contributed by atoms with Gasteiger partial charge in [0.05, 0.1) is 13.5 Å². The van der Waals surface area contributed by atoms with Gasteiger partial charge < -0.3 is 14.4 Å². The number of ether oxygens (including phenoxy) is 2. The van der Waals surface area contributed by atoms with E-state index in [1.54, 1.807) is 7.11 Å². The Morgan fingerprint density at radius 2 is 1.44 bits per heavy atom. The van der Waals surface area contributed by atoms with E-state index in [1.165, 1.54) is 5.56 Å². The molecule has 0 aromatic heterocycles. The Morgan fingerprint density at radius 1 is 0.781 bits per heavy atom. The number of carbonyl (C=O) groups excluding carboxylic acids is 1. The van der Waals surface area contributed by atoms with Gasteiger partial charge in [0, 0.05) is 32.7 Å². The van der Waals surface area contributed by atoms with Gasteiger partial charge in [-0.2, -0.15) is 0 Å². The van der Waals surface area contributed by atoms with Crippen molar-refractivity contribution in [3.05, 3.63) is 95.6 Å². The standard InChI is InChI=1S/C27H30N2O3/c1-31-25-13-12-24(18-26(25)32-21-23-10-6-3-7-11-23)20-28-14-16-29(17-15-28)27(30)19-22-8-4-2-5-9-22/h2-13,18H,14-17,19-21H2,1H3. The lowest BCUT2D eigenvalue weighted by Crippen LogP contribution is -2.48. The fraction of sp³-hybridized carbons (Fsp3) is 0.296. The zero-order valence-electron chi connectivity index (χ0n) is 18.6. The number of methoxy groups -OCH3 is 1. The van der Waals surface area contributed by atoms with Crippen LogP contribution in [0.15, 0.2) is 78.9 Å². The fourth-order valence-electron chi connectivity index (χ4n) is 3.96. The first-order chi connectivity index (χ1) is 15.7. The zero-order chi connectivity index (χ0) is 22.2. The molecule has 5 heteroatoms. The van der Waals surface area contributed by atoms with Crippen LogP contribution in [0.5, 0.6) is 11.5 Å². The van der Waals surface area contributed by atoms with Crippen molar-refractivity contribution in [2.24, 2.45) is 0 Å². The van der Waals surface area contributed by atoms with Crippen LogP contribution in [0, 0.1) is 0 Å². The summed E-state index contributed by atoms with van der Waals surface area (Å²) >= 11 is 0. The molecule has 166 valence electrons. The average Bonchev–Trinajstić information content (AvgIpc) is 2.84. The summed E-state index contributed by atoms with van der Waals surface area (Å²) in [5, 5.41) is 0. The van der Waals surface area contributed by atoms with Gasteiger partial charge in [-0.25, -0.2) is 0 Å². The Bertz CT molecular complexity index is 1000. The Labute approximate surface area is 190 Å². The van der Waals surface area contributed by atoms with Crippen LogP contribution < -0.4 is 9.47 Å². The minimum Gasteiger partial charge on any atom is -0.493 e. The van der Waals surface area contributed by atoms with Crippen molar-refractivity contribution in [1.29, 1.82) is 0 Å². The molecule has 1 aliphatic heterocycles. The summed E-state index contributed by atoms with van der Waals surface area (Å²) in [6, 6.07) is 26.2. The van der Waals surface area contributed by atoms with Crippen LogP contribution in [0.3, 0.4) is 0 Å². The van der Waals surface area contributed by atoms with Gasteiger partial charge in [-0.05, 0) is 28.8 Å². The quantitative estimate of drug-likeness (QED) is 0.538. The summed E-state index contributed by atoms with van der Waals surface area (Å²) in [6.07, 6.45) is 0.474. The molecule has 1 heterocycles. The Morgan fingerprint density at radius 3 is 2.09 bits per heavy atom. The van der Waals surface area contributed by atoms with E-state index in [9.17, 15) is 4.79 Å². The summed E-state index contributed by atoms with van der Waals surface area (Å²) in [5.41, 5.74) is 3.37. The predicted octanol–water partition coefficient (Wildman–Crippen LogP) is 4.16. The van der Waals surface area contributed by atoms with E-state index < -0.39 is 0 Å². The van der Waals surface area contributed by atoms with Crippen molar-refractivity contribution in [2.45, 2.75) is 19.6 Å². The number of nitrogens with zero attached hydrogens (tertiary/aromatic N) is 2. The van der Waals surface area contributed by atoms with Crippen LogP contribution in [-0.2, 0) is 24.4 Å². The first-order valence-electron chi connectivity index (χ1n) is 11.1. The summed E-state index contributed by atoms with van der Waals surface area (Å²) in [5.74, 6) is 1.70. The third kappa shape index (κ3) is 5.89. The molecule has 1 aliphatic rings. The van der Waals surface area contributed by atoms with E-state index in [0.717, 1.165) is 55.3 Å². The van der Waals surface area contributed by atoms with Crippen LogP contribution in [0.1, 0.15) is 16.7 Å². The van der Waals surface area contributed by atoms with Gasteiger partial charge in [0.2, 0.25) is 5.91 Å². The van der Waals surface area contributed by atoms with E-state index in [2.05, 4.69) is 29.2 Å². The number of benzene rings is 3. The molecular formula is C27H30N2O3. The fourth-order valence-corrected chi connectivity index (χ4v) is 3.96. The molecule has 0 spiro atoms. The van der Waals surface area contributed by atoms with Gasteiger partial charge >= 0.3 is 0 Å². The third-order valence-electron chi connectivity index (χ3n) is 5.79. The highest BCUT2D eigenvalue weighted by Gasteiger charge is 2.21. The van der Waals surface area contributed by atoms with E-state index >= 15 is 0 Å². The normalized spacial score (nSPS) is 14.2. The Balaban J connectivity index is 1.31. The molecule has 3 aromatic rings. The van der Waals surface area contributed by atoms with Crippen molar-refractivity contribution in [3.63, 3.8) is 0 Å². The maximum Gasteiger partial charge on any atom is 0.227 e. The number of hydrogen-bond acceptors (Lipinski definition) is 4. The van der Waals surface area contributed by atoms with Gasteiger partial charge in [0.1, 0.15) is 6.61 Å². The largest absolute Gasteiger partial charge is 0.493 e. The molecule has 1 saturated heterocycles. The minimum atomic E-state index is 0.205. The van der Waals surface area contributed by atoms with Crippen molar-refractivity contribution < 1.29 is 14.3 Å². The molecule has 0 atom stereocenters. The number of hydrogen-bond donors (Lipinski definition) is 0. The highest BCUT2D eigenvalue weighted by Crippen LogP contribution is 2.29. The molecule has 4 rings (SSSR count). The number of piperazine rings is 1. The van der Waals surface area contributed by atoms with Crippen molar-refractivity contribution in [3.8, 4) is 11.5 Å². The molecule has 1 fully saturated rings. The van der Waals surface area contributed by atoms with Gasteiger partial charge in [-0.3, -0.25) is 9.69 Å². The third-order valence-corrected chi connectivity index (χ3v) is 5.79. The lowest BCUT2D eigenvalue weighted by molar-refractivity contribution is -0.132. The zero-order valence-corrected chi connectivity index (χ0v) is 18.6. The lowest BCUT2D eigenvalue weighted by Gasteiger charge is -2.35. The molecule has 5 nitrogen and oxygen atoms in total. The predicted molar refractivity (Wildman–Crippen MR) is 126 cm³/mol. The molecule has 0 radical (unpaired) electrons. The second-order valence-electron chi connectivity index (χ2n) is 8.08. The highest BCUT2D eigenvalue weighted by atomic mass is 16.5. The smallest absolute Gasteiger partial charge is 0.227 e. The SMILES string of the molecule is COc1ccc(CN2CCN(C(=O)Cc3ccccc3)CC2)cc1OCc1ccccc1. The number of carbonyl (C=O) groups is 1. The molecule has 0 saturated carbocycles. The van der Waals surface area contributed by atoms with Crippen LogP contribution in [-0.4, -0.2) is 49.0 Å². The minimum absolute atomic E-state index is 0.205. The van der Waals surface area contributed by atoms with Gasteiger partial charge in [0.15, 0.2) is 11.5 Å². The highest BCUT2D eigenvalue weighted by molar-refractivity contribution is 5.78. The molecule has 32 heavy (non-hydrogen) atoms. The summed E-state index contributed by atoms with van der Waals surface area (Å²) < 4.78 is 11.5. The molecular weight excluding hydrogens is 400 g/mol. The molecule has 0 unspecified atom stereocenters. The second kappa shape index (κ2) is 10.8. The summed E-state index contributed by atoms with van der Waals surface area (Å²) in [4.78, 5) is 17.0. The summed E-state index contributed by atoms with van der Waals surface area (Å²) in [7, 11) is 1.66. The van der Waals surface area contributed by atoms with Crippen LogP contribution in [0.2, 0.25) is 0 Å². The van der Waals surface area contributed by atoms with Crippen molar-refractivity contribution >= 4 is 5.91 Å². The van der Waals surface area contributed by atoms with E-state index in [1.807, 2.05) is 59.5 Å². The first kappa shape index (κ1) is 21.9. The Hall–Kier alpha value is -3.31. The molecule has 0 N–H and O–H groups in total. The van der Waals surface area contributed by atoms with Crippen molar-refractivity contribution in [1.82, 2.24) is 9.80 Å². The monoisotopic (exact) mass is 430 g/mol. The molecule has 0 aliphatic carbocycles. The van der Waals surface area contributed by atoms with E-state index in [-0.39, 0.29) is 5.91 Å². The van der Waals surface area contributed by atoms with Gasteiger partial charge in [0.25, 0.3) is 0 Å². The van der Waals surface area contributed by atoms with Gasteiger partial charge in [-0.15, -0.1) is 0 Å². The molecule has 3 aromatic carbocycles. The molecule has 1 amide bonds. The lowest BCUT2D eigenvalue weighted by atomic mass is 10.1. The second-order valence-corrected chi connectivity index (χ2v) is 8.08. The van der Waals surface area contributed by atoms with Crippen LogP contribution in [0.25, 0.3) is 0 Å². The maximum atomic E-state index is 12.6. The Kier molecular flexibility index (Phi) is 7.41. The van der Waals surface area contributed by atoms with Gasteiger partial charge in [-0.1, -0.05) is 66.7 Å². The number of rotatable bonds is 8.